The molecule has 1 aromatic heterocycles. The molecule has 11 nitrogen and oxygen atoms in total. The molecule has 1 aliphatic rings. The van der Waals surface area contributed by atoms with Crippen molar-refractivity contribution in [3.8, 4) is 22.8 Å². The molecule has 44 heavy (non-hydrogen) atoms. The van der Waals surface area contributed by atoms with E-state index in [1.807, 2.05) is 30.3 Å². The van der Waals surface area contributed by atoms with Gasteiger partial charge in [0.2, 0.25) is 0 Å². The van der Waals surface area contributed by atoms with Crippen LogP contribution in [0.25, 0.3) is 11.3 Å². The topological polar surface area (TPSA) is 143 Å². The summed E-state index contributed by atoms with van der Waals surface area (Å²) >= 11 is 0. The SMILES string of the molecule is COc1ccc(S(=O)(=O)Nc2ccc(Nc3cc(-c4ccc(OCCC5CCN(C)CC5)cc4)ncn3)cc2)cc1.O=CO. The molecule has 12 heteroatoms. The Morgan fingerprint density at radius 2 is 1.55 bits per heavy atom. The fourth-order valence-electron chi connectivity index (χ4n) is 4.74. The third kappa shape index (κ3) is 9.41. The van der Waals surface area contributed by atoms with Crippen LogP contribution >= 0.6 is 0 Å². The van der Waals surface area contributed by atoms with Gasteiger partial charge in [-0.05, 0) is 118 Å². The number of hydrogen-bond donors (Lipinski definition) is 3. The lowest BCUT2D eigenvalue weighted by Crippen LogP contribution is -2.30. The lowest BCUT2D eigenvalue weighted by molar-refractivity contribution is -0.122. The van der Waals surface area contributed by atoms with E-state index in [-0.39, 0.29) is 11.4 Å². The van der Waals surface area contributed by atoms with E-state index in [4.69, 9.17) is 19.4 Å². The minimum Gasteiger partial charge on any atom is -0.497 e. The van der Waals surface area contributed by atoms with Gasteiger partial charge in [-0.25, -0.2) is 18.4 Å². The number of aromatic nitrogens is 2. The predicted octanol–water partition coefficient (Wildman–Crippen LogP) is 5.51. The first-order chi connectivity index (χ1) is 21.3. The fraction of sp³-hybridized carbons (Fsp3) is 0.281. The second-order valence-corrected chi connectivity index (χ2v) is 12.0. The van der Waals surface area contributed by atoms with Crippen LogP contribution in [-0.4, -0.2) is 68.7 Å². The van der Waals surface area contributed by atoms with Crippen molar-refractivity contribution in [2.75, 3.05) is 43.9 Å². The normalized spacial score (nSPS) is 13.7. The standard InChI is InChI=1S/C31H35N5O4S.CH2O2/c1-36-18-15-23(16-19-36)17-20-40-28-9-3-24(4-10-28)30-21-31(33-22-32-30)34-25-5-7-26(8-6-25)35-41(37,38)29-13-11-27(39-2)12-14-29;2-1-3/h3-14,21-23,35H,15-20H2,1-2H3,(H,32,33,34);1H,(H,2,3). The summed E-state index contributed by atoms with van der Waals surface area (Å²) in [5, 5.41) is 10.1. The van der Waals surface area contributed by atoms with Gasteiger partial charge in [0.25, 0.3) is 16.5 Å². The summed E-state index contributed by atoms with van der Waals surface area (Å²) < 4.78 is 39.1. The van der Waals surface area contributed by atoms with Crippen molar-refractivity contribution in [1.29, 1.82) is 0 Å². The Kier molecular flexibility index (Phi) is 11.5. The third-order valence-electron chi connectivity index (χ3n) is 7.23. The van der Waals surface area contributed by atoms with Crippen molar-refractivity contribution in [3.63, 3.8) is 0 Å². The smallest absolute Gasteiger partial charge is 0.290 e. The molecular formula is C32H37N5O6S. The highest BCUT2D eigenvalue weighted by Crippen LogP contribution is 2.26. The first kappa shape index (κ1) is 32.2. The van der Waals surface area contributed by atoms with E-state index in [1.54, 1.807) is 36.4 Å². The van der Waals surface area contributed by atoms with Crippen molar-refractivity contribution in [2.45, 2.75) is 24.2 Å². The Morgan fingerprint density at radius 3 is 2.18 bits per heavy atom. The minimum absolute atomic E-state index is 0.154. The Labute approximate surface area is 257 Å². The van der Waals surface area contributed by atoms with Crippen LogP contribution in [0.2, 0.25) is 0 Å². The first-order valence-electron chi connectivity index (χ1n) is 14.2. The van der Waals surface area contributed by atoms with E-state index in [2.05, 4.69) is 32.0 Å². The molecule has 0 atom stereocenters. The molecule has 1 fully saturated rings. The number of rotatable bonds is 11. The number of carbonyl (C=O) groups is 1. The van der Waals surface area contributed by atoms with Crippen LogP contribution in [-0.2, 0) is 14.8 Å². The maximum Gasteiger partial charge on any atom is 0.290 e. The number of methoxy groups -OCH3 is 1. The van der Waals surface area contributed by atoms with Crippen LogP contribution < -0.4 is 19.5 Å². The maximum atomic E-state index is 12.7. The fourth-order valence-corrected chi connectivity index (χ4v) is 5.80. The molecule has 5 rings (SSSR count). The minimum atomic E-state index is -3.72. The van der Waals surface area contributed by atoms with Crippen molar-refractivity contribution in [2.24, 2.45) is 5.92 Å². The van der Waals surface area contributed by atoms with E-state index >= 15 is 0 Å². The van der Waals surface area contributed by atoms with Crippen LogP contribution in [0, 0.1) is 5.92 Å². The molecule has 0 spiro atoms. The Hall–Kier alpha value is -4.68. The molecule has 2 heterocycles. The summed E-state index contributed by atoms with van der Waals surface area (Å²) in [7, 11) is -0.00326. The molecule has 0 unspecified atom stereocenters. The van der Waals surface area contributed by atoms with E-state index < -0.39 is 10.0 Å². The second kappa shape index (κ2) is 15.7. The number of benzene rings is 3. The zero-order chi connectivity index (χ0) is 31.4. The average molecular weight is 620 g/mol. The van der Waals surface area contributed by atoms with E-state index in [9.17, 15) is 8.42 Å². The molecule has 0 saturated carbocycles. The maximum absolute atomic E-state index is 12.7. The molecule has 1 saturated heterocycles. The average Bonchev–Trinajstić information content (AvgIpc) is 3.04. The summed E-state index contributed by atoms with van der Waals surface area (Å²) in [6.45, 7) is 2.83. The highest BCUT2D eigenvalue weighted by Gasteiger charge is 2.17. The number of sulfonamides is 1. The molecule has 232 valence electrons. The number of likely N-dealkylation sites (tertiary alicyclic amines) is 1. The third-order valence-corrected chi connectivity index (χ3v) is 8.63. The molecule has 4 aromatic rings. The van der Waals surface area contributed by atoms with Crippen molar-refractivity contribution in [3.05, 3.63) is 85.2 Å². The van der Waals surface area contributed by atoms with Crippen molar-refractivity contribution in [1.82, 2.24) is 14.9 Å². The van der Waals surface area contributed by atoms with Gasteiger partial charge in [-0.15, -0.1) is 0 Å². The van der Waals surface area contributed by atoms with Gasteiger partial charge in [0.15, 0.2) is 0 Å². The van der Waals surface area contributed by atoms with Crippen LogP contribution in [0.4, 0.5) is 17.2 Å². The van der Waals surface area contributed by atoms with Gasteiger partial charge in [0, 0.05) is 23.0 Å². The second-order valence-electron chi connectivity index (χ2n) is 10.3. The van der Waals surface area contributed by atoms with Gasteiger partial charge in [-0.2, -0.15) is 0 Å². The molecule has 1 aliphatic heterocycles. The summed E-state index contributed by atoms with van der Waals surface area (Å²) in [5.74, 6) is 2.82. The summed E-state index contributed by atoms with van der Waals surface area (Å²) in [6.07, 6.45) is 5.10. The number of nitrogens with one attached hydrogen (secondary N) is 2. The summed E-state index contributed by atoms with van der Waals surface area (Å²) in [6, 6.07) is 23.0. The van der Waals surface area contributed by atoms with E-state index in [1.165, 1.54) is 51.5 Å². The van der Waals surface area contributed by atoms with Gasteiger partial charge in [-0.3, -0.25) is 9.52 Å². The van der Waals surface area contributed by atoms with Gasteiger partial charge < -0.3 is 24.8 Å². The Morgan fingerprint density at radius 1 is 0.932 bits per heavy atom. The predicted molar refractivity (Wildman–Crippen MR) is 170 cm³/mol. The molecule has 0 bridgehead atoms. The van der Waals surface area contributed by atoms with Crippen molar-refractivity contribution >= 4 is 33.7 Å². The first-order valence-corrected chi connectivity index (χ1v) is 15.6. The molecule has 0 radical (unpaired) electrons. The number of hydrogen-bond acceptors (Lipinski definition) is 9. The Bertz CT molecular complexity index is 1580. The largest absolute Gasteiger partial charge is 0.497 e. The summed E-state index contributed by atoms with van der Waals surface area (Å²) in [4.78, 5) is 19.7. The summed E-state index contributed by atoms with van der Waals surface area (Å²) in [5.41, 5.74) is 2.95. The lowest BCUT2D eigenvalue weighted by Gasteiger charge is -2.28. The molecule has 3 N–H and O–H groups in total. The number of anilines is 3. The molecule has 0 aliphatic carbocycles. The monoisotopic (exact) mass is 619 g/mol. The van der Waals surface area contributed by atoms with Crippen LogP contribution in [0.1, 0.15) is 19.3 Å². The van der Waals surface area contributed by atoms with Crippen LogP contribution in [0.3, 0.4) is 0 Å². The van der Waals surface area contributed by atoms with E-state index in [0.717, 1.165) is 41.6 Å². The van der Waals surface area contributed by atoms with Gasteiger partial charge in [-0.1, -0.05) is 0 Å². The Balaban J connectivity index is 0.00000141. The zero-order valence-corrected chi connectivity index (χ0v) is 25.5. The highest BCUT2D eigenvalue weighted by molar-refractivity contribution is 7.92. The van der Waals surface area contributed by atoms with Gasteiger partial charge in [0.1, 0.15) is 23.6 Å². The molecule has 3 aromatic carbocycles. The zero-order valence-electron chi connectivity index (χ0n) is 24.7. The van der Waals surface area contributed by atoms with Crippen LogP contribution in [0.5, 0.6) is 11.5 Å². The van der Waals surface area contributed by atoms with E-state index in [0.29, 0.717) is 17.3 Å². The lowest BCUT2D eigenvalue weighted by atomic mass is 9.94. The number of piperidine rings is 1. The highest BCUT2D eigenvalue weighted by atomic mass is 32.2. The van der Waals surface area contributed by atoms with Crippen LogP contribution in [0.15, 0.2) is 90.1 Å². The number of nitrogens with zero attached hydrogens (tertiary/aromatic N) is 3. The van der Waals surface area contributed by atoms with Crippen molar-refractivity contribution < 1.29 is 27.8 Å². The number of ether oxygens (including phenoxy) is 2. The van der Waals surface area contributed by atoms with Gasteiger partial charge in [0.05, 0.1) is 24.3 Å². The molecular weight excluding hydrogens is 582 g/mol. The number of carboxylic acid groups (broad SMARTS) is 1. The molecule has 0 amide bonds. The van der Waals surface area contributed by atoms with Gasteiger partial charge >= 0.3 is 0 Å². The quantitative estimate of drug-likeness (QED) is 0.184.